The molecule has 0 N–H and O–H groups in total. The average Bonchev–Trinajstić information content (AvgIpc) is 2.53. The second-order valence-electron chi connectivity index (χ2n) is 11.1. The molecular formula is C21H46O8Si4. The zero-order valence-corrected chi connectivity index (χ0v) is 26.6. The van der Waals surface area contributed by atoms with Gasteiger partial charge in [0.15, 0.2) is 31.1 Å². The minimum atomic E-state index is -2.91. The Kier molecular flexibility index (Phi) is 13.2. The van der Waals surface area contributed by atoms with E-state index in [9.17, 15) is 9.59 Å². The summed E-state index contributed by atoms with van der Waals surface area (Å²) >= 11 is 0. The topological polar surface area (TPSA) is 89.5 Å². The van der Waals surface area contributed by atoms with Gasteiger partial charge in [-0.15, -0.1) is 0 Å². The third-order valence-electron chi connectivity index (χ3n) is 3.56. The van der Waals surface area contributed by atoms with E-state index < -0.39 is 51.8 Å². The predicted octanol–water partition coefficient (Wildman–Crippen LogP) is 4.94. The summed E-state index contributed by atoms with van der Waals surface area (Å²) in [7, 11) is -8.70. The first-order valence-corrected chi connectivity index (χ1v) is 23.6. The lowest BCUT2D eigenvalue weighted by atomic mass is 10.3. The van der Waals surface area contributed by atoms with Gasteiger partial charge in [0, 0.05) is 25.1 Å². The van der Waals surface area contributed by atoms with Crippen LogP contribution >= 0.6 is 0 Å². The molecule has 0 saturated carbocycles. The monoisotopic (exact) mass is 538 g/mol. The van der Waals surface area contributed by atoms with Crippen LogP contribution in [-0.2, 0) is 36.1 Å². The lowest BCUT2D eigenvalue weighted by Crippen LogP contribution is -2.60. The summed E-state index contributed by atoms with van der Waals surface area (Å²) in [6, 6.07) is 0.659. The van der Waals surface area contributed by atoms with Crippen LogP contribution in [0.4, 0.5) is 0 Å². The SMILES string of the molecule is C=C(C)C(=O)OC(COCCC[Si](O[Si](C)(C)C)(O[Si](C)(C)C)O[Si](C)(C)C)COC(C)=O. The predicted molar refractivity (Wildman–Crippen MR) is 141 cm³/mol. The fourth-order valence-corrected chi connectivity index (χ4v) is 17.4. The van der Waals surface area contributed by atoms with Crippen LogP contribution in [0.25, 0.3) is 0 Å². The molecule has 0 radical (unpaired) electrons. The van der Waals surface area contributed by atoms with Gasteiger partial charge in [-0.05, 0) is 72.3 Å². The first kappa shape index (κ1) is 32.4. The van der Waals surface area contributed by atoms with Crippen LogP contribution in [0, 0.1) is 0 Å². The summed E-state index contributed by atoms with van der Waals surface area (Å²) in [6.07, 6.45) is -0.0183. The third-order valence-corrected chi connectivity index (χ3v) is 15.6. The van der Waals surface area contributed by atoms with Gasteiger partial charge >= 0.3 is 20.7 Å². The Hall–Kier alpha value is -0.612. The standard InChI is InChI=1S/C21H46O8Si4/c1-18(2)21(23)26-20(17-25-19(3)22)16-24-14-13-15-33(27-30(4,5)6,28-31(7,8)9)29-32(10,11)12/h20H,1,13-17H2,2-12H3. The van der Waals surface area contributed by atoms with Gasteiger partial charge in [-0.3, -0.25) is 4.79 Å². The molecular weight excluding hydrogens is 493 g/mol. The van der Waals surface area contributed by atoms with E-state index in [0.29, 0.717) is 19.1 Å². The first-order chi connectivity index (χ1) is 14.7. The van der Waals surface area contributed by atoms with Gasteiger partial charge in [-0.25, -0.2) is 4.79 Å². The molecule has 33 heavy (non-hydrogen) atoms. The number of carbonyl (C=O) groups excluding carboxylic acids is 2. The van der Waals surface area contributed by atoms with E-state index in [4.69, 9.17) is 26.6 Å². The number of esters is 2. The molecule has 0 aliphatic rings. The van der Waals surface area contributed by atoms with Gasteiger partial charge < -0.3 is 26.6 Å². The Morgan fingerprint density at radius 1 is 0.788 bits per heavy atom. The average molecular weight is 539 g/mol. The number of rotatable bonds is 16. The van der Waals surface area contributed by atoms with Gasteiger partial charge in [-0.2, -0.15) is 0 Å². The molecule has 1 atom stereocenters. The molecule has 0 aromatic carbocycles. The Morgan fingerprint density at radius 3 is 1.61 bits per heavy atom. The lowest BCUT2D eigenvalue weighted by molar-refractivity contribution is -0.158. The van der Waals surface area contributed by atoms with Gasteiger partial charge in [0.1, 0.15) is 6.61 Å². The minimum Gasteiger partial charge on any atom is -0.462 e. The second-order valence-corrected chi connectivity index (χ2v) is 28.1. The van der Waals surface area contributed by atoms with Crippen LogP contribution in [0.3, 0.4) is 0 Å². The van der Waals surface area contributed by atoms with Gasteiger partial charge in [0.2, 0.25) is 0 Å². The zero-order valence-electron chi connectivity index (χ0n) is 22.6. The highest BCUT2D eigenvalue weighted by molar-refractivity contribution is 6.90. The Balaban J connectivity index is 5.20. The molecule has 0 bridgehead atoms. The molecule has 0 saturated heterocycles. The third kappa shape index (κ3) is 17.5. The Bertz CT molecular complexity index is 609. The lowest BCUT2D eigenvalue weighted by Gasteiger charge is -2.42. The van der Waals surface area contributed by atoms with Crippen LogP contribution in [0.5, 0.6) is 0 Å². The van der Waals surface area contributed by atoms with Gasteiger partial charge in [-0.1, -0.05) is 6.58 Å². The van der Waals surface area contributed by atoms with E-state index in [1.807, 2.05) is 0 Å². The molecule has 0 aromatic heterocycles. The van der Waals surface area contributed by atoms with E-state index in [0.717, 1.165) is 0 Å². The van der Waals surface area contributed by atoms with Crippen molar-refractivity contribution in [1.29, 1.82) is 0 Å². The van der Waals surface area contributed by atoms with Crippen molar-refractivity contribution in [2.45, 2.75) is 91.3 Å². The number of hydrogen-bond acceptors (Lipinski definition) is 8. The molecule has 0 amide bonds. The first-order valence-electron chi connectivity index (χ1n) is 11.4. The summed E-state index contributed by atoms with van der Waals surface area (Å²) < 4.78 is 36.1. The van der Waals surface area contributed by atoms with Crippen molar-refractivity contribution >= 4 is 45.7 Å². The van der Waals surface area contributed by atoms with Gasteiger partial charge in [0.05, 0.1) is 6.61 Å². The summed E-state index contributed by atoms with van der Waals surface area (Å²) in [5, 5.41) is 0. The van der Waals surface area contributed by atoms with Crippen LogP contribution in [0.2, 0.25) is 65.0 Å². The Labute approximate surface area is 205 Å². The van der Waals surface area contributed by atoms with Crippen molar-refractivity contribution in [2.24, 2.45) is 0 Å². The number of ether oxygens (including phenoxy) is 3. The van der Waals surface area contributed by atoms with Crippen molar-refractivity contribution in [2.75, 3.05) is 19.8 Å². The smallest absolute Gasteiger partial charge is 0.462 e. The van der Waals surface area contributed by atoms with E-state index in [2.05, 4.69) is 65.5 Å². The van der Waals surface area contributed by atoms with Crippen molar-refractivity contribution in [3.63, 3.8) is 0 Å². The highest BCUT2D eigenvalue weighted by Gasteiger charge is 2.49. The zero-order chi connectivity index (χ0) is 26.1. The van der Waals surface area contributed by atoms with Crippen molar-refractivity contribution in [3.05, 3.63) is 12.2 Å². The molecule has 0 aliphatic heterocycles. The maximum Gasteiger partial charge on any atom is 0.469 e. The highest BCUT2D eigenvalue weighted by Crippen LogP contribution is 2.29. The van der Waals surface area contributed by atoms with Crippen LogP contribution in [0.15, 0.2) is 12.2 Å². The van der Waals surface area contributed by atoms with Gasteiger partial charge in [0.25, 0.3) is 0 Å². The number of hydrogen-bond donors (Lipinski definition) is 0. The summed E-state index contributed by atoms with van der Waals surface area (Å²) in [6.45, 7) is 26.3. The maximum absolute atomic E-state index is 11.9. The van der Waals surface area contributed by atoms with E-state index in [1.165, 1.54) is 6.92 Å². The maximum atomic E-state index is 11.9. The molecule has 0 fully saturated rings. The van der Waals surface area contributed by atoms with Crippen molar-refractivity contribution < 1.29 is 36.1 Å². The summed E-state index contributed by atoms with van der Waals surface area (Å²) in [5.74, 6) is -0.990. The molecule has 0 aromatic rings. The quantitative estimate of drug-likeness (QED) is 0.118. The van der Waals surface area contributed by atoms with Crippen LogP contribution in [-0.4, -0.2) is 71.6 Å². The summed E-state index contributed by atoms with van der Waals surface area (Å²) in [5.41, 5.74) is 0.272. The molecule has 0 heterocycles. The molecule has 0 spiro atoms. The van der Waals surface area contributed by atoms with E-state index >= 15 is 0 Å². The molecule has 0 rings (SSSR count). The normalized spacial score (nSPS) is 14.0. The van der Waals surface area contributed by atoms with E-state index in [1.54, 1.807) is 6.92 Å². The Morgan fingerprint density at radius 2 is 1.24 bits per heavy atom. The van der Waals surface area contributed by atoms with E-state index in [-0.39, 0.29) is 18.8 Å². The fourth-order valence-electron chi connectivity index (χ4n) is 2.80. The molecule has 12 heteroatoms. The fraction of sp³-hybridized carbons (Fsp3) is 0.810. The van der Waals surface area contributed by atoms with Crippen LogP contribution < -0.4 is 0 Å². The van der Waals surface area contributed by atoms with Crippen molar-refractivity contribution in [1.82, 2.24) is 0 Å². The second kappa shape index (κ2) is 13.5. The summed E-state index contributed by atoms with van der Waals surface area (Å²) in [4.78, 5) is 23.0. The molecule has 0 aliphatic carbocycles. The minimum absolute atomic E-state index is 0.0662. The molecule has 1 unspecified atom stereocenters. The van der Waals surface area contributed by atoms with Crippen LogP contribution in [0.1, 0.15) is 20.3 Å². The number of carbonyl (C=O) groups is 2. The van der Waals surface area contributed by atoms with Crippen molar-refractivity contribution in [3.8, 4) is 0 Å². The largest absolute Gasteiger partial charge is 0.469 e. The highest BCUT2D eigenvalue weighted by atomic mass is 28.5. The molecule has 8 nitrogen and oxygen atoms in total. The molecule has 194 valence electrons.